The highest BCUT2D eigenvalue weighted by Crippen LogP contribution is 2.06. The number of anilines is 1. The van der Waals surface area contributed by atoms with E-state index in [9.17, 15) is 4.79 Å². The first-order valence-electron chi connectivity index (χ1n) is 4.16. The van der Waals surface area contributed by atoms with Crippen molar-refractivity contribution in [3.8, 4) is 0 Å². The van der Waals surface area contributed by atoms with Crippen LogP contribution in [0.4, 0.5) is 5.95 Å². The molecule has 0 aliphatic rings. The third-order valence-electron chi connectivity index (χ3n) is 1.64. The molecule has 0 amide bonds. The van der Waals surface area contributed by atoms with E-state index >= 15 is 0 Å². The maximum atomic E-state index is 10.6. The van der Waals surface area contributed by atoms with Crippen LogP contribution in [0.5, 0.6) is 0 Å². The SMILES string of the molecule is Cc1nc(NCCN)ncc1C(=O)O. The number of carboxylic acid groups (broad SMARTS) is 1. The van der Waals surface area contributed by atoms with Gasteiger partial charge in [-0.05, 0) is 6.92 Å². The first-order chi connectivity index (χ1) is 6.65. The Morgan fingerprint density at radius 2 is 2.43 bits per heavy atom. The fourth-order valence-electron chi connectivity index (χ4n) is 0.946. The molecule has 14 heavy (non-hydrogen) atoms. The average molecular weight is 196 g/mol. The number of hydrogen-bond donors (Lipinski definition) is 3. The predicted octanol–water partition coefficient (Wildman–Crippen LogP) is -0.146. The lowest BCUT2D eigenvalue weighted by atomic mass is 10.2. The standard InChI is InChI=1S/C8H12N4O2/c1-5-6(7(13)14)4-11-8(12-5)10-3-2-9/h4H,2-3,9H2,1H3,(H,13,14)(H,10,11,12). The Morgan fingerprint density at radius 3 is 2.93 bits per heavy atom. The first kappa shape index (κ1) is 10.4. The molecule has 0 atom stereocenters. The number of nitrogens with zero attached hydrogens (tertiary/aromatic N) is 2. The van der Waals surface area contributed by atoms with Crippen molar-refractivity contribution in [2.75, 3.05) is 18.4 Å². The summed E-state index contributed by atoms with van der Waals surface area (Å²) in [5.41, 5.74) is 5.83. The fourth-order valence-corrected chi connectivity index (χ4v) is 0.946. The summed E-state index contributed by atoms with van der Waals surface area (Å²) >= 11 is 0. The lowest BCUT2D eigenvalue weighted by molar-refractivity contribution is 0.0695. The summed E-state index contributed by atoms with van der Waals surface area (Å²) in [6.07, 6.45) is 1.28. The molecule has 0 radical (unpaired) electrons. The van der Waals surface area contributed by atoms with Crippen LogP contribution in [0.1, 0.15) is 16.1 Å². The number of nitrogens with one attached hydrogen (secondary N) is 1. The number of aromatic nitrogens is 2. The number of hydrogen-bond acceptors (Lipinski definition) is 5. The van der Waals surface area contributed by atoms with Crippen LogP contribution in [0.2, 0.25) is 0 Å². The van der Waals surface area contributed by atoms with Crippen LogP contribution < -0.4 is 11.1 Å². The zero-order valence-electron chi connectivity index (χ0n) is 7.82. The van der Waals surface area contributed by atoms with Crippen LogP contribution in [0.3, 0.4) is 0 Å². The van der Waals surface area contributed by atoms with Crippen LogP contribution in [0.25, 0.3) is 0 Å². The quantitative estimate of drug-likeness (QED) is 0.619. The van der Waals surface area contributed by atoms with Gasteiger partial charge < -0.3 is 16.2 Å². The molecule has 0 spiro atoms. The summed E-state index contributed by atoms with van der Waals surface area (Å²) in [6.45, 7) is 2.66. The highest BCUT2D eigenvalue weighted by molar-refractivity contribution is 5.88. The molecule has 0 fully saturated rings. The van der Waals surface area contributed by atoms with E-state index in [0.29, 0.717) is 24.7 Å². The molecule has 1 rings (SSSR count). The number of aromatic carboxylic acids is 1. The van der Waals surface area contributed by atoms with Crippen LogP contribution >= 0.6 is 0 Å². The van der Waals surface area contributed by atoms with Gasteiger partial charge >= 0.3 is 5.97 Å². The second kappa shape index (κ2) is 4.52. The Bertz CT molecular complexity index is 340. The Hall–Kier alpha value is -1.69. The lowest BCUT2D eigenvalue weighted by Crippen LogP contribution is -2.15. The Kier molecular flexibility index (Phi) is 3.35. The molecule has 0 saturated heterocycles. The molecule has 0 saturated carbocycles. The summed E-state index contributed by atoms with van der Waals surface area (Å²) in [5.74, 6) is -0.620. The maximum absolute atomic E-state index is 10.6. The Balaban J connectivity index is 2.83. The molecular weight excluding hydrogens is 184 g/mol. The van der Waals surface area contributed by atoms with Gasteiger partial charge in [-0.2, -0.15) is 0 Å². The van der Waals surface area contributed by atoms with Crippen molar-refractivity contribution < 1.29 is 9.90 Å². The fraction of sp³-hybridized carbons (Fsp3) is 0.375. The van der Waals surface area contributed by atoms with Crippen molar-refractivity contribution in [2.45, 2.75) is 6.92 Å². The number of rotatable bonds is 4. The number of carboxylic acids is 1. The van der Waals surface area contributed by atoms with E-state index in [-0.39, 0.29) is 5.56 Å². The minimum absolute atomic E-state index is 0.114. The molecule has 4 N–H and O–H groups in total. The van der Waals surface area contributed by atoms with E-state index in [1.54, 1.807) is 6.92 Å². The number of aryl methyl sites for hydroxylation is 1. The number of carbonyl (C=O) groups is 1. The molecule has 1 aromatic rings. The molecular formula is C8H12N4O2. The van der Waals surface area contributed by atoms with Gasteiger partial charge in [0.15, 0.2) is 0 Å². The highest BCUT2D eigenvalue weighted by atomic mass is 16.4. The van der Waals surface area contributed by atoms with E-state index in [4.69, 9.17) is 10.8 Å². The second-order valence-electron chi connectivity index (χ2n) is 2.71. The smallest absolute Gasteiger partial charge is 0.339 e. The van der Waals surface area contributed by atoms with Crippen LogP contribution in [-0.2, 0) is 0 Å². The third-order valence-corrected chi connectivity index (χ3v) is 1.64. The maximum Gasteiger partial charge on any atom is 0.339 e. The van der Waals surface area contributed by atoms with Gasteiger partial charge in [-0.3, -0.25) is 0 Å². The first-order valence-corrected chi connectivity index (χ1v) is 4.16. The molecule has 0 unspecified atom stereocenters. The van der Waals surface area contributed by atoms with Gasteiger partial charge in [-0.1, -0.05) is 0 Å². The minimum atomic E-state index is -1.02. The molecule has 0 bridgehead atoms. The number of nitrogens with two attached hydrogens (primary N) is 1. The highest BCUT2D eigenvalue weighted by Gasteiger charge is 2.09. The van der Waals surface area contributed by atoms with E-state index in [2.05, 4.69) is 15.3 Å². The third kappa shape index (κ3) is 2.40. The normalized spacial score (nSPS) is 9.86. The average Bonchev–Trinajstić information content (AvgIpc) is 2.14. The Labute approximate surface area is 81.2 Å². The summed E-state index contributed by atoms with van der Waals surface area (Å²) in [5, 5.41) is 11.6. The van der Waals surface area contributed by atoms with Gasteiger partial charge in [0.2, 0.25) is 5.95 Å². The molecule has 0 aromatic carbocycles. The largest absolute Gasteiger partial charge is 0.478 e. The molecule has 1 heterocycles. The summed E-state index contributed by atoms with van der Waals surface area (Å²) in [7, 11) is 0. The van der Waals surface area contributed by atoms with Crippen LogP contribution in [0, 0.1) is 6.92 Å². The van der Waals surface area contributed by atoms with Gasteiger partial charge in [-0.25, -0.2) is 14.8 Å². The van der Waals surface area contributed by atoms with Crippen molar-refractivity contribution in [2.24, 2.45) is 5.73 Å². The van der Waals surface area contributed by atoms with Crippen molar-refractivity contribution in [3.05, 3.63) is 17.5 Å². The van der Waals surface area contributed by atoms with E-state index in [1.165, 1.54) is 6.20 Å². The monoisotopic (exact) mass is 196 g/mol. The summed E-state index contributed by atoms with van der Waals surface area (Å²) in [4.78, 5) is 18.4. The molecule has 76 valence electrons. The predicted molar refractivity (Wildman–Crippen MR) is 51.3 cm³/mol. The van der Waals surface area contributed by atoms with Crippen LogP contribution in [0.15, 0.2) is 6.20 Å². The van der Waals surface area contributed by atoms with Crippen molar-refractivity contribution in [1.29, 1.82) is 0 Å². The molecule has 0 aliphatic carbocycles. The zero-order valence-corrected chi connectivity index (χ0v) is 7.82. The van der Waals surface area contributed by atoms with E-state index < -0.39 is 5.97 Å². The van der Waals surface area contributed by atoms with E-state index in [1.807, 2.05) is 0 Å². The van der Waals surface area contributed by atoms with Crippen molar-refractivity contribution >= 4 is 11.9 Å². The van der Waals surface area contributed by atoms with Gasteiger partial charge in [-0.15, -0.1) is 0 Å². The lowest BCUT2D eigenvalue weighted by Gasteiger charge is -2.04. The van der Waals surface area contributed by atoms with Gasteiger partial charge in [0.1, 0.15) is 0 Å². The van der Waals surface area contributed by atoms with Crippen molar-refractivity contribution in [1.82, 2.24) is 9.97 Å². The zero-order chi connectivity index (χ0) is 10.6. The summed E-state index contributed by atoms with van der Waals surface area (Å²) < 4.78 is 0. The van der Waals surface area contributed by atoms with Crippen molar-refractivity contribution in [3.63, 3.8) is 0 Å². The molecule has 6 nitrogen and oxygen atoms in total. The van der Waals surface area contributed by atoms with Gasteiger partial charge in [0.05, 0.1) is 11.3 Å². The Morgan fingerprint density at radius 1 is 1.71 bits per heavy atom. The minimum Gasteiger partial charge on any atom is -0.478 e. The van der Waals surface area contributed by atoms with Gasteiger partial charge in [0, 0.05) is 19.3 Å². The summed E-state index contributed by atoms with van der Waals surface area (Å²) in [6, 6.07) is 0. The van der Waals surface area contributed by atoms with Crippen LogP contribution in [-0.4, -0.2) is 34.1 Å². The molecule has 6 heteroatoms. The molecule has 0 aliphatic heterocycles. The second-order valence-corrected chi connectivity index (χ2v) is 2.71. The molecule has 1 aromatic heterocycles. The van der Waals surface area contributed by atoms with E-state index in [0.717, 1.165) is 0 Å². The topological polar surface area (TPSA) is 101 Å². The van der Waals surface area contributed by atoms with Gasteiger partial charge in [0.25, 0.3) is 0 Å².